The van der Waals surface area contributed by atoms with Gasteiger partial charge in [0, 0.05) is 9.75 Å². The minimum Gasteiger partial charge on any atom is -0.478 e. The number of anilines is 1. The predicted molar refractivity (Wildman–Crippen MR) is 85.0 cm³/mol. The Morgan fingerprint density at radius 1 is 1.29 bits per heavy atom. The maximum absolute atomic E-state index is 12.3. The summed E-state index contributed by atoms with van der Waals surface area (Å²) >= 11 is 2.85. The van der Waals surface area contributed by atoms with Crippen LogP contribution in [0.1, 0.15) is 48.7 Å². The van der Waals surface area contributed by atoms with Crippen molar-refractivity contribution in [3.8, 4) is 0 Å². The normalized spacial score (nSPS) is 13.2. The average Bonchev–Trinajstić information content (AvgIpc) is 3.12. The number of aryl methyl sites for hydroxylation is 2. The molecule has 0 fully saturated rings. The van der Waals surface area contributed by atoms with E-state index in [2.05, 4.69) is 5.32 Å². The van der Waals surface area contributed by atoms with Crippen LogP contribution in [0.4, 0.5) is 5.00 Å². The molecular weight excluding hydrogens is 306 g/mol. The van der Waals surface area contributed by atoms with E-state index in [4.69, 9.17) is 0 Å². The van der Waals surface area contributed by atoms with E-state index >= 15 is 0 Å². The van der Waals surface area contributed by atoms with E-state index in [1.54, 1.807) is 6.07 Å². The van der Waals surface area contributed by atoms with Crippen molar-refractivity contribution in [1.82, 2.24) is 0 Å². The van der Waals surface area contributed by atoms with Crippen molar-refractivity contribution in [2.24, 2.45) is 0 Å². The minimum atomic E-state index is -0.954. The van der Waals surface area contributed by atoms with E-state index in [0.717, 1.165) is 41.0 Å². The third kappa shape index (κ3) is 2.61. The fourth-order valence-corrected chi connectivity index (χ4v) is 4.69. The maximum atomic E-state index is 12.3. The number of hydrogen-bond acceptors (Lipinski definition) is 4. The molecule has 0 spiro atoms. The molecule has 6 heteroatoms. The Morgan fingerprint density at radius 3 is 2.76 bits per heavy atom. The average molecular weight is 321 g/mol. The lowest BCUT2D eigenvalue weighted by Crippen LogP contribution is -2.12. The van der Waals surface area contributed by atoms with Gasteiger partial charge in [-0.15, -0.1) is 22.7 Å². The predicted octanol–water partition coefficient (Wildman–Crippen LogP) is 3.81. The van der Waals surface area contributed by atoms with E-state index in [0.29, 0.717) is 9.88 Å². The molecule has 2 aromatic heterocycles. The third-order valence-corrected chi connectivity index (χ3v) is 6.03. The summed E-state index contributed by atoms with van der Waals surface area (Å²) in [6.45, 7) is 2.04. The first-order valence-corrected chi connectivity index (χ1v) is 8.51. The molecule has 1 aliphatic rings. The summed E-state index contributed by atoms with van der Waals surface area (Å²) in [5, 5.41) is 12.7. The molecule has 0 aromatic carbocycles. The van der Waals surface area contributed by atoms with Crippen LogP contribution in [0.25, 0.3) is 0 Å². The highest BCUT2D eigenvalue weighted by Gasteiger charge is 2.27. The molecule has 0 bridgehead atoms. The molecule has 4 nitrogen and oxygen atoms in total. The number of carbonyl (C=O) groups is 2. The molecule has 110 valence electrons. The second-order valence-corrected chi connectivity index (χ2v) is 7.21. The van der Waals surface area contributed by atoms with Crippen LogP contribution in [0, 0.1) is 0 Å². The van der Waals surface area contributed by atoms with Crippen molar-refractivity contribution in [3.05, 3.63) is 37.9 Å². The molecule has 21 heavy (non-hydrogen) atoms. The van der Waals surface area contributed by atoms with Crippen LogP contribution >= 0.6 is 22.7 Å². The summed E-state index contributed by atoms with van der Waals surface area (Å²) in [6.07, 6.45) is 3.60. The van der Waals surface area contributed by atoms with Crippen LogP contribution in [-0.4, -0.2) is 17.0 Å². The molecule has 0 radical (unpaired) electrons. The van der Waals surface area contributed by atoms with Crippen molar-refractivity contribution in [3.63, 3.8) is 0 Å². The van der Waals surface area contributed by atoms with E-state index in [9.17, 15) is 14.7 Å². The third-order valence-electron chi connectivity index (χ3n) is 3.60. The molecule has 0 unspecified atom stereocenters. The van der Waals surface area contributed by atoms with Gasteiger partial charge < -0.3 is 10.4 Å². The first kappa shape index (κ1) is 14.3. The Labute approximate surface area is 130 Å². The fraction of sp³-hybridized carbons (Fsp3) is 0.333. The van der Waals surface area contributed by atoms with Gasteiger partial charge in [0.25, 0.3) is 5.91 Å². The Kier molecular flexibility index (Phi) is 3.82. The van der Waals surface area contributed by atoms with Gasteiger partial charge >= 0.3 is 5.97 Å². The van der Waals surface area contributed by atoms with Gasteiger partial charge in [0.2, 0.25) is 0 Å². The molecule has 2 heterocycles. The van der Waals surface area contributed by atoms with Gasteiger partial charge in [0.15, 0.2) is 0 Å². The molecular formula is C15H15NO3S2. The maximum Gasteiger partial charge on any atom is 0.339 e. The molecule has 0 atom stereocenters. The van der Waals surface area contributed by atoms with Crippen LogP contribution < -0.4 is 5.32 Å². The van der Waals surface area contributed by atoms with Crippen molar-refractivity contribution in [1.29, 1.82) is 0 Å². The zero-order chi connectivity index (χ0) is 15.0. The summed E-state index contributed by atoms with van der Waals surface area (Å²) < 4.78 is 0. The van der Waals surface area contributed by atoms with E-state index in [1.807, 2.05) is 13.0 Å². The summed E-state index contributed by atoms with van der Waals surface area (Å²) in [5.41, 5.74) is 1.19. The SMILES string of the molecule is CCc1ccc(C(=O)Nc2sc3c(c2C(=O)O)CCC3)s1. The van der Waals surface area contributed by atoms with Gasteiger partial charge in [0.05, 0.1) is 10.4 Å². The van der Waals surface area contributed by atoms with Gasteiger partial charge in [0.1, 0.15) is 5.00 Å². The number of carbonyl (C=O) groups excluding carboxylic acids is 1. The Bertz CT molecular complexity index is 715. The molecule has 3 rings (SSSR count). The second kappa shape index (κ2) is 5.61. The lowest BCUT2D eigenvalue weighted by molar-refractivity contribution is 0.0697. The number of aromatic carboxylic acids is 1. The van der Waals surface area contributed by atoms with Gasteiger partial charge in [-0.1, -0.05) is 6.92 Å². The van der Waals surface area contributed by atoms with Gasteiger partial charge in [-0.3, -0.25) is 4.79 Å². The number of nitrogens with one attached hydrogen (secondary N) is 1. The monoisotopic (exact) mass is 321 g/mol. The second-order valence-electron chi connectivity index (χ2n) is 4.94. The highest BCUT2D eigenvalue weighted by atomic mass is 32.1. The Hall–Kier alpha value is -1.66. The largest absolute Gasteiger partial charge is 0.478 e. The summed E-state index contributed by atoms with van der Waals surface area (Å²) in [7, 11) is 0. The van der Waals surface area contributed by atoms with Crippen LogP contribution in [0.5, 0.6) is 0 Å². The first-order chi connectivity index (χ1) is 10.1. The van der Waals surface area contributed by atoms with E-state index < -0.39 is 5.97 Å². The topological polar surface area (TPSA) is 66.4 Å². The van der Waals surface area contributed by atoms with Crippen molar-refractivity contribution >= 4 is 39.6 Å². The number of carboxylic acid groups (broad SMARTS) is 1. The van der Waals surface area contributed by atoms with E-state index in [1.165, 1.54) is 22.7 Å². The molecule has 2 aromatic rings. The summed E-state index contributed by atoms with van der Waals surface area (Å²) in [5.74, 6) is -1.17. The Balaban J connectivity index is 1.88. The first-order valence-electron chi connectivity index (χ1n) is 6.88. The summed E-state index contributed by atoms with van der Waals surface area (Å²) in [4.78, 5) is 26.6. The molecule has 1 amide bonds. The quantitative estimate of drug-likeness (QED) is 0.900. The van der Waals surface area contributed by atoms with Gasteiger partial charge in [-0.05, 0) is 43.4 Å². The van der Waals surface area contributed by atoms with E-state index in [-0.39, 0.29) is 11.5 Å². The lowest BCUT2D eigenvalue weighted by Gasteiger charge is -2.03. The van der Waals surface area contributed by atoms with Gasteiger partial charge in [-0.2, -0.15) is 0 Å². The lowest BCUT2D eigenvalue weighted by atomic mass is 10.1. The van der Waals surface area contributed by atoms with Crippen molar-refractivity contribution in [2.45, 2.75) is 32.6 Å². The number of thiophene rings is 2. The van der Waals surface area contributed by atoms with Gasteiger partial charge in [-0.25, -0.2) is 4.79 Å². The molecule has 2 N–H and O–H groups in total. The van der Waals surface area contributed by atoms with Crippen molar-refractivity contribution in [2.75, 3.05) is 5.32 Å². The van der Waals surface area contributed by atoms with Crippen LogP contribution in [0.2, 0.25) is 0 Å². The Morgan fingerprint density at radius 2 is 2.10 bits per heavy atom. The zero-order valence-electron chi connectivity index (χ0n) is 11.6. The number of rotatable bonds is 4. The molecule has 1 aliphatic carbocycles. The molecule has 0 saturated carbocycles. The smallest absolute Gasteiger partial charge is 0.339 e. The molecule has 0 aliphatic heterocycles. The molecule has 0 saturated heterocycles. The van der Waals surface area contributed by atoms with Crippen LogP contribution in [0.3, 0.4) is 0 Å². The minimum absolute atomic E-state index is 0.220. The highest BCUT2D eigenvalue weighted by molar-refractivity contribution is 7.17. The number of carboxylic acids is 1. The fourth-order valence-electron chi connectivity index (χ4n) is 2.57. The van der Waals surface area contributed by atoms with Crippen LogP contribution in [0.15, 0.2) is 12.1 Å². The number of hydrogen-bond donors (Lipinski definition) is 2. The zero-order valence-corrected chi connectivity index (χ0v) is 13.2. The highest BCUT2D eigenvalue weighted by Crippen LogP contribution is 2.39. The summed E-state index contributed by atoms with van der Waals surface area (Å²) in [6, 6.07) is 3.73. The number of amides is 1. The number of fused-ring (bicyclic) bond motifs is 1. The van der Waals surface area contributed by atoms with Crippen molar-refractivity contribution < 1.29 is 14.7 Å². The standard InChI is InChI=1S/C15H15NO3S2/c1-2-8-6-7-11(20-8)13(17)16-14-12(15(18)19)9-4-3-5-10(9)21-14/h6-7H,2-5H2,1H3,(H,16,17)(H,18,19). The van der Waals surface area contributed by atoms with Crippen LogP contribution in [-0.2, 0) is 19.3 Å².